The van der Waals surface area contributed by atoms with E-state index in [4.69, 9.17) is 11.6 Å². The number of anilines is 1. The molecule has 1 N–H and O–H groups in total. The molecule has 0 unspecified atom stereocenters. The molecule has 6 nitrogen and oxygen atoms in total. The fourth-order valence-electron chi connectivity index (χ4n) is 2.08. The number of hydrogen-bond acceptors (Lipinski definition) is 4. The maximum absolute atomic E-state index is 12.7. The molecule has 0 aliphatic rings. The predicted molar refractivity (Wildman–Crippen MR) is 83.6 cm³/mol. The van der Waals surface area contributed by atoms with E-state index in [1.807, 2.05) is 0 Å². The smallest absolute Gasteiger partial charge is 0.322 e. The first kappa shape index (κ1) is 16.9. The number of tetrazole rings is 1. The van der Waals surface area contributed by atoms with Gasteiger partial charge in [-0.15, -0.1) is 5.10 Å². The summed E-state index contributed by atoms with van der Waals surface area (Å²) in [6.45, 7) is 0. The summed E-state index contributed by atoms with van der Waals surface area (Å²) in [4.78, 5) is 12.4. The van der Waals surface area contributed by atoms with E-state index in [-0.39, 0.29) is 16.3 Å². The van der Waals surface area contributed by atoms with E-state index in [2.05, 4.69) is 20.8 Å². The third kappa shape index (κ3) is 3.77. The van der Waals surface area contributed by atoms with E-state index in [1.165, 1.54) is 35.3 Å². The zero-order chi connectivity index (χ0) is 18.0. The van der Waals surface area contributed by atoms with E-state index in [9.17, 15) is 18.0 Å². The van der Waals surface area contributed by atoms with Crippen LogP contribution in [0.1, 0.15) is 15.9 Å². The molecule has 0 atom stereocenters. The molecule has 2 aromatic carbocycles. The second-order valence-electron chi connectivity index (χ2n) is 4.95. The molecule has 3 rings (SSSR count). The summed E-state index contributed by atoms with van der Waals surface area (Å²) in [5, 5.41) is 13.2. The van der Waals surface area contributed by atoms with E-state index >= 15 is 0 Å². The number of nitrogens with zero attached hydrogens (tertiary/aromatic N) is 4. The number of halogens is 4. The molecule has 3 aromatic rings. The van der Waals surface area contributed by atoms with Crippen molar-refractivity contribution in [1.82, 2.24) is 20.2 Å². The van der Waals surface area contributed by atoms with Crippen LogP contribution in [0.4, 0.5) is 18.9 Å². The third-order valence-electron chi connectivity index (χ3n) is 3.26. The van der Waals surface area contributed by atoms with Crippen LogP contribution < -0.4 is 5.32 Å². The first-order chi connectivity index (χ1) is 11.8. The summed E-state index contributed by atoms with van der Waals surface area (Å²) < 4.78 is 39.6. The monoisotopic (exact) mass is 367 g/mol. The van der Waals surface area contributed by atoms with Crippen molar-refractivity contribution in [2.24, 2.45) is 0 Å². The lowest BCUT2D eigenvalue weighted by Gasteiger charge is -2.11. The lowest BCUT2D eigenvalue weighted by molar-refractivity contribution is -0.137. The van der Waals surface area contributed by atoms with Crippen molar-refractivity contribution in [1.29, 1.82) is 0 Å². The molecule has 25 heavy (non-hydrogen) atoms. The summed E-state index contributed by atoms with van der Waals surface area (Å²) in [6.07, 6.45) is -3.17. The molecule has 0 saturated carbocycles. The normalized spacial score (nSPS) is 11.4. The molecule has 10 heteroatoms. The van der Waals surface area contributed by atoms with Crippen molar-refractivity contribution in [3.8, 4) is 5.69 Å². The van der Waals surface area contributed by atoms with Gasteiger partial charge in [0.15, 0.2) is 0 Å². The van der Waals surface area contributed by atoms with Gasteiger partial charge in [-0.05, 0) is 46.8 Å². The van der Waals surface area contributed by atoms with Crippen LogP contribution in [0.25, 0.3) is 5.69 Å². The predicted octanol–water partition coefficient (Wildman–Crippen LogP) is 3.59. The highest BCUT2D eigenvalue weighted by molar-refractivity contribution is 6.34. The van der Waals surface area contributed by atoms with Crippen LogP contribution in [0.2, 0.25) is 5.02 Å². The van der Waals surface area contributed by atoms with Gasteiger partial charge in [0.2, 0.25) is 0 Å². The molecule has 0 aliphatic carbocycles. The Morgan fingerprint density at radius 3 is 2.64 bits per heavy atom. The Morgan fingerprint density at radius 1 is 1.16 bits per heavy atom. The minimum atomic E-state index is -4.50. The van der Waals surface area contributed by atoms with Crippen molar-refractivity contribution in [2.75, 3.05) is 5.32 Å². The SMILES string of the molecule is O=C(Nc1cccc(C(F)(F)F)c1)c1cc(-n2cnnn2)ccc1Cl. The minimum Gasteiger partial charge on any atom is -0.322 e. The average molecular weight is 368 g/mol. The Bertz CT molecular complexity index is 912. The second kappa shape index (κ2) is 6.52. The van der Waals surface area contributed by atoms with Crippen LogP contribution in [0, 0.1) is 0 Å². The van der Waals surface area contributed by atoms with Crippen molar-refractivity contribution >= 4 is 23.2 Å². The molecule has 1 aromatic heterocycles. The molecule has 0 spiro atoms. The van der Waals surface area contributed by atoms with Gasteiger partial charge in [0, 0.05) is 5.69 Å². The maximum atomic E-state index is 12.7. The van der Waals surface area contributed by atoms with E-state index in [0.717, 1.165) is 12.1 Å². The van der Waals surface area contributed by atoms with Crippen LogP contribution in [-0.2, 0) is 6.18 Å². The van der Waals surface area contributed by atoms with Gasteiger partial charge < -0.3 is 5.32 Å². The number of carbonyl (C=O) groups excluding carboxylic acids is 1. The Morgan fingerprint density at radius 2 is 1.96 bits per heavy atom. The molecule has 0 radical (unpaired) electrons. The third-order valence-corrected chi connectivity index (χ3v) is 3.59. The molecule has 0 fully saturated rings. The molecule has 1 amide bonds. The van der Waals surface area contributed by atoms with Gasteiger partial charge in [0.25, 0.3) is 5.91 Å². The zero-order valence-corrected chi connectivity index (χ0v) is 13.1. The largest absolute Gasteiger partial charge is 0.416 e. The van der Waals surface area contributed by atoms with Crippen LogP contribution in [0.3, 0.4) is 0 Å². The average Bonchev–Trinajstić information content (AvgIpc) is 3.09. The maximum Gasteiger partial charge on any atom is 0.416 e. The molecule has 0 bridgehead atoms. The van der Waals surface area contributed by atoms with Crippen LogP contribution in [0.5, 0.6) is 0 Å². The lowest BCUT2D eigenvalue weighted by atomic mass is 10.1. The first-order valence-corrected chi connectivity index (χ1v) is 7.24. The molecule has 1 heterocycles. The Labute approximate surface area is 144 Å². The number of amides is 1. The fraction of sp³-hybridized carbons (Fsp3) is 0.0667. The molecule has 0 aliphatic heterocycles. The molecule has 0 saturated heterocycles. The van der Waals surface area contributed by atoms with Crippen molar-refractivity contribution in [3.63, 3.8) is 0 Å². The standard InChI is InChI=1S/C15H9ClF3N5O/c16-13-5-4-11(24-8-20-22-23-24)7-12(13)14(25)21-10-3-1-2-9(6-10)15(17,18)19/h1-8H,(H,21,25). The van der Waals surface area contributed by atoms with Crippen LogP contribution >= 0.6 is 11.6 Å². The number of rotatable bonds is 3. The highest BCUT2D eigenvalue weighted by Crippen LogP contribution is 2.31. The highest BCUT2D eigenvalue weighted by atomic mass is 35.5. The topological polar surface area (TPSA) is 72.7 Å². The summed E-state index contributed by atoms with van der Waals surface area (Å²) in [5.74, 6) is -0.653. The summed E-state index contributed by atoms with van der Waals surface area (Å²) in [6, 6.07) is 8.82. The van der Waals surface area contributed by atoms with Gasteiger partial charge in [-0.3, -0.25) is 4.79 Å². The second-order valence-corrected chi connectivity index (χ2v) is 5.36. The van der Waals surface area contributed by atoms with Gasteiger partial charge in [-0.1, -0.05) is 17.7 Å². The number of nitrogens with one attached hydrogen (secondary N) is 1. The van der Waals surface area contributed by atoms with Crippen molar-refractivity contribution < 1.29 is 18.0 Å². The van der Waals surface area contributed by atoms with Crippen LogP contribution in [-0.4, -0.2) is 26.1 Å². The first-order valence-electron chi connectivity index (χ1n) is 6.86. The van der Waals surface area contributed by atoms with Crippen LogP contribution in [0.15, 0.2) is 48.8 Å². The number of benzene rings is 2. The molecule has 128 valence electrons. The van der Waals surface area contributed by atoms with Gasteiger partial charge in [0.05, 0.1) is 21.8 Å². The van der Waals surface area contributed by atoms with Crippen molar-refractivity contribution in [2.45, 2.75) is 6.18 Å². The quantitative estimate of drug-likeness (QED) is 0.768. The van der Waals surface area contributed by atoms with E-state index in [0.29, 0.717) is 5.69 Å². The highest BCUT2D eigenvalue weighted by Gasteiger charge is 2.30. The van der Waals surface area contributed by atoms with Crippen molar-refractivity contribution in [3.05, 3.63) is 64.9 Å². The number of hydrogen-bond donors (Lipinski definition) is 1. The van der Waals surface area contributed by atoms with Gasteiger partial charge >= 0.3 is 6.18 Å². The fourth-order valence-corrected chi connectivity index (χ4v) is 2.28. The zero-order valence-electron chi connectivity index (χ0n) is 12.3. The lowest BCUT2D eigenvalue weighted by Crippen LogP contribution is -2.14. The number of carbonyl (C=O) groups is 1. The molecular formula is C15H9ClF3N5O. The molecular weight excluding hydrogens is 359 g/mol. The number of alkyl halides is 3. The number of aromatic nitrogens is 4. The van der Waals surface area contributed by atoms with E-state index < -0.39 is 17.6 Å². The Hall–Kier alpha value is -2.94. The van der Waals surface area contributed by atoms with Gasteiger partial charge in [-0.25, -0.2) is 4.68 Å². The van der Waals surface area contributed by atoms with Gasteiger partial charge in [-0.2, -0.15) is 13.2 Å². The van der Waals surface area contributed by atoms with E-state index in [1.54, 1.807) is 6.07 Å². The summed E-state index contributed by atoms with van der Waals surface area (Å²) >= 11 is 6.02. The summed E-state index contributed by atoms with van der Waals surface area (Å²) in [7, 11) is 0. The summed E-state index contributed by atoms with van der Waals surface area (Å²) in [5.41, 5.74) is -0.307. The Kier molecular flexibility index (Phi) is 4.41. The minimum absolute atomic E-state index is 0.00344. The van der Waals surface area contributed by atoms with Gasteiger partial charge in [0.1, 0.15) is 6.33 Å². The Balaban J connectivity index is 1.88.